The van der Waals surface area contributed by atoms with Crippen LogP contribution in [0.25, 0.3) is 11.1 Å². The van der Waals surface area contributed by atoms with Gasteiger partial charge in [0.05, 0.1) is 18.2 Å². The minimum atomic E-state index is -0.425. The Labute approximate surface area is 91.4 Å². The van der Waals surface area contributed by atoms with E-state index >= 15 is 0 Å². The van der Waals surface area contributed by atoms with Crippen LogP contribution in [0.2, 0.25) is 0 Å². The number of H-pyrrole nitrogens is 1. The number of morpholine rings is 1. The molecule has 1 aliphatic rings. The molecule has 0 saturated carbocycles. The highest BCUT2D eigenvalue weighted by Gasteiger charge is 2.19. The average molecular weight is 220 g/mol. The summed E-state index contributed by atoms with van der Waals surface area (Å²) in [6.07, 6.45) is -0.0225. The SMILES string of the molecule is O=c1[nH]c2c(C3CNCCO3)cccc2o1. The minimum Gasteiger partial charge on any atom is -0.408 e. The first kappa shape index (κ1) is 9.62. The third kappa shape index (κ3) is 1.54. The van der Waals surface area contributed by atoms with Crippen molar-refractivity contribution in [1.82, 2.24) is 10.3 Å². The van der Waals surface area contributed by atoms with Crippen LogP contribution >= 0.6 is 0 Å². The summed E-state index contributed by atoms with van der Waals surface area (Å²) in [6.45, 7) is 2.31. The van der Waals surface area contributed by atoms with Gasteiger partial charge in [0.15, 0.2) is 5.58 Å². The van der Waals surface area contributed by atoms with Crippen LogP contribution in [-0.2, 0) is 4.74 Å². The number of aromatic nitrogens is 1. The number of nitrogens with one attached hydrogen (secondary N) is 2. The average Bonchev–Trinajstić information content (AvgIpc) is 2.70. The van der Waals surface area contributed by atoms with Gasteiger partial charge in [0.25, 0.3) is 0 Å². The maximum absolute atomic E-state index is 11.1. The van der Waals surface area contributed by atoms with E-state index in [4.69, 9.17) is 9.15 Å². The predicted octanol–water partition coefficient (Wildman–Crippen LogP) is 0.782. The van der Waals surface area contributed by atoms with Crippen LogP contribution in [0.4, 0.5) is 0 Å². The van der Waals surface area contributed by atoms with Crippen LogP contribution < -0.4 is 11.1 Å². The second kappa shape index (κ2) is 3.77. The largest absolute Gasteiger partial charge is 0.417 e. The van der Waals surface area contributed by atoms with Gasteiger partial charge in [-0.25, -0.2) is 4.79 Å². The van der Waals surface area contributed by atoms with E-state index in [0.717, 1.165) is 24.2 Å². The Morgan fingerprint density at radius 2 is 2.31 bits per heavy atom. The lowest BCUT2D eigenvalue weighted by Crippen LogP contribution is -2.33. The standard InChI is InChI=1S/C11H12N2O3/c14-11-13-10-7(2-1-3-8(10)16-11)9-6-12-4-5-15-9/h1-3,9,12H,4-6H2,(H,13,14). The van der Waals surface area contributed by atoms with E-state index in [0.29, 0.717) is 12.2 Å². The molecule has 0 radical (unpaired) electrons. The van der Waals surface area contributed by atoms with Crippen molar-refractivity contribution in [2.75, 3.05) is 19.7 Å². The summed E-state index contributed by atoms with van der Waals surface area (Å²) in [5, 5.41) is 3.26. The van der Waals surface area contributed by atoms with Crippen LogP contribution in [0.5, 0.6) is 0 Å². The Balaban J connectivity index is 2.11. The molecule has 1 unspecified atom stereocenters. The Kier molecular flexibility index (Phi) is 2.27. The van der Waals surface area contributed by atoms with E-state index in [-0.39, 0.29) is 6.10 Å². The molecule has 1 aromatic carbocycles. The molecule has 16 heavy (non-hydrogen) atoms. The first-order valence-electron chi connectivity index (χ1n) is 5.28. The van der Waals surface area contributed by atoms with E-state index in [1.165, 1.54) is 0 Å². The van der Waals surface area contributed by atoms with Crippen molar-refractivity contribution in [3.8, 4) is 0 Å². The first-order chi connectivity index (χ1) is 7.84. The number of para-hydroxylation sites is 1. The number of aromatic amines is 1. The lowest BCUT2D eigenvalue weighted by Gasteiger charge is -2.23. The quantitative estimate of drug-likeness (QED) is 0.745. The number of hydrogen-bond donors (Lipinski definition) is 2. The molecule has 0 spiro atoms. The topological polar surface area (TPSA) is 67.3 Å². The molecular weight excluding hydrogens is 208 g/mol. The molecule has 1 atom stereocenters. The maximum Gasteiger partial charge on any atom is 0.417 e. The number of benzene rings is 1. The number of ether oxygens (including phenoxy) is 1. The van der Waals surface area contributed by atoms with Crippen LogP contribution in [0, 0.1) is 0 Å². The van der Waals surface area contributed by atoms with Gasteiger partial charge >= 0.3 is 5.76 Å². The Morgan fingerprint density at radius 3 is 3.12 bits per heavy atom. The fourth-order valence-corrected chi connectivity index (χ4v) is 2.03. The van der Waals surface area contributed by atoms with Gasteiger partial charge in [-0.1, -0.05) is 12.1 Å². The summed E-state index contributed by atoms with van der Waals surface area (Å²) in [4.78, 5) is 13.8. The van der Waals surface area contributed by atoms with E-state index in [2.05, 4.69) is 10.3 Å². The first-order valence-corrected chi connectivity index (χ1v) is 5.28. The molecule has 2 heterocycles. The lowest BCUT2D eigenvalue weighted by atomic mass is 10.1. The van der Waals surface area contributed by atoms with Crippen LogP contribution in [0.15, 0.2) is 27.4 Å². The van der Waals surface area contributed by atoms with Gasteiger partial charge in [0.1, 0.15) is 0 Å². The molecule has 1 saturated heterocycles. The highest BCUT2D eigenvalue weighted by molar-refractivity contribution is 5.76. The van der Waals surface area contributed by atoms with Gasteiger partial charge < -0.3 is 14.5 Å². The summed E-state index contributed by atoms with van der Waals surface area (Å²) in [5.74, 6) is -0.425. The van der Waals surface area contributed by atoms with Gasteiger partial charge in [-0.2, -0.15) is 0 Å². The zero-order valence-corrected chi connectivity index (χ0v) is 8.66. The molecule has 1 aliphatic heterocycles. The van der Waals surface area contributed by atoms with E-state index in [1.54, 1.807) is 6.07 Å². The van der Waals surface area contributed by atoms with Gasteiger partial charge in [0.2, 0.25) is 0 Å². The third-order valence-electron chi connectivity index (χ3n) is 2.76. The minimum absolute atomic E-state index is 0.0225. The molecule has 0 amide bonds. The van der Waals surface area contributed by atoms with Crippen molar-refractivity contribution in [1.29, 1.82) is 0 Å². The molecule has 0 aliphatic carbocycles. The normalized spacial score (nSPS) is 21.4. The zero-order chi connectivity index (χ0) is 11.0. The molecule has 0 bridgehead atoms. The highest BCUT2D eigenvalue weighted by atomic mass is 16.5. The van der Waals surface area contributed by atoms with Crippen molar-refractivity contribution in [2.45, 2.75) is 6.10 Å². The monoisotopic (exact) mass is 220 g/mol. The van der Waals surface area contributed by atoms with E-state index < -0.39 is 5.76 Å². The summed E-state index contributed by atoms with van der Waals surface area (Å²) in [7, 11) is 0. The molecule has 84 valence electrons. The van der Waals surface area contributed by atoms with Gasteiger partial charge in [0, 0.05) is 18.7 Å². The fraction of sp³-hybridized carbons (Fsp3) is 0.364. The lowest BCUT2D eigenvalue weighted by molar-refractivity contribution is 0.0285. The fourth-order valence-electron chi connectivity index (χ4n) is 2.03. The second-order valence-electron chi connectivity index (χ2n) is 3.80. The maximum atomic E-state index is 11.1. The summed E-state index contributed by atoms with van der Waals surface area (Å²) >= 11 is 0. The number of oxazole rings is 1. The highest BCUT2D eigenvalue weighted by Crippen LogP contribution is 2.25. The van der Waals surface area contributed by atoms with Crippen LogP contribution in [-0.4, -0.2) is 24.7 Å². The van der Waals surface area contributed by atoms with Crippen molar-refractivity contribution in [2.24, 2.45) is 0 Å². The van der Waals surface area contributed by atoms with Gasteiger partial charge in [-0.15, -0.1) is 0 Å². The third-order valence-corrected chi connectivity index (χ3v) is 2.76. The molecule has 5 heteroatoms. The summed E-state index contributed by atoms with van der Waals surface area (Å²) in [6, 6.07) is 5.59. The second-order valence-corrected chi connectivity index (χ2v) is 3.80. The molecule has 3 rings (SSSR count). The molecule has 1 fully saturated rings. The van der Waals surface area contributed by atoms with Crippen molar-refractivity contribution in [3.63, 3.8) is 0 Å². The number of fused-ring (bicyclic) bond motifs is 1. The molecule has 5 nitrogen and oxygen atoms in total. The predicted molar refractivity (Wildman–Crippen MR) is 58.4 cm³/mol. The van der Waals surface area contributed by atoms with Gasteiger partial charge in [-0.3, -0.25) is 4.98 Å². The number of rotatable bonds is 1. The smallest absolute Gasteiger partial charge is 0.408 e. The molecule has 2 N–H and O–H groups in total. The zero-order valence-electron chi connectivity index (χ0n) is 8.66. The molecule has 1 aromatic heterocycles. The Hall–Kier alpha value is -1.59. The Bertz CT molecular complexity index is 552. The molecule has 2 aromatic rings. The number of hydrogen-bond acceptors (Lipinski definition) is 4. The van der Waals surface area contributed by atoms with E-state index in [1.807, 2.05) is 12.1 Å². The van der Waals surface area contributed by atoms with Gasteiger partial charge in [-0.05, 0) is 6.07 Å². The summed E-state index contributed by atoms with van der Waals surface area (Å²) < 4.78 is 10.7. The molecular formula is C11H12N2O3. The van der Waals surface area contributed by atoms with Crippen molar-refractivity contribution in [3.05, 3.63) is 34.3 Å². The van der Waals surface area contributed by atoms with Crippen LogP contribution in [0.1, 0.15) is 11.7 Å². The summed E-state index contributed by atoms with van der Waals surface area (Å²) in [5.41, 5.74) is 2.29. The van der Waals surface area contributed by atoms with E-state index in [9.17, 15) is 4.79 Å². The Morgan fingerprint density at radius 1 is 1.38 bits per heavy atom. The van der Waals surface area contributed by atoms with Crippen molar-refractivity contribution >= 4 is 11.1 Å². The van der Waals surface area contributed by atoms with Crippen molar-refractivity contribution < 1.29 is 9.15 Å². The van der Waals surface area contributed by atoms with Crippen LogP contribution in [0.3, 0.4) is 0 Å².